The maximum absolute atomic E-state index is 14.5. The van der Waals surface area contributed by atoms with Crippen molar-refractivity contribution in [3.05, 3.63) is 52.3 Å². The highest BCUT2D eigenvalue weighted by molar-refractivity contribution is 6.01. The van der Waals surface area contributed by atoms with Crippen LogP contribution in [0.1, 0.15) is 48.6 Å². The Morgan fingerprint density at radius 1 is 1.31 bits per heavy atom. The number of nitriles is 1. The summed E-state index contributed by atoms with van der Waals surface area (Å²) in [5, 5.41) is 36.0. The van der Waals surface area contributed by atoms with Gasteiger partial charge in [-0.2, -0.15) is 18.4 Å². The maximum Gasteiger partial charge on any atom is 0.419 e. The molecule has 1 aliphatic carbocycles. The summed E-state index contributed by atoms with van der Waals surface area (Å²) < 4.78 is 57.3. The van der Waals surface area contributed by atoms with E-state index in [1.165, 1.54) is 32.0 Å². The van der Waals surface area contributed by atoms with Gasteiger partial charge in [-0.15, -0.1) is 0 Å². The number of hydrogen-bond acceptors (Lipinski definition) is 5. The normalized spacial score (nSPS) is 23.7. The van der Waals surface area contributed by atoms with Gasteiger partial charge in [-0.3, -0.25) is 4.79 Å². The Bertz CT molecular complexity index is 1190. The first-order valence-corrected chi connectivity index (χ1v) is 9.73. The zero-order valence-corrected chi connectivity index (χ0v) is 17.1. The predicted molar refractivity (Wildman–Crippen MR) is 107 cm³/mol. The van der Waals surface area contributed by atoms with Crippen LogP contribution in [0.2, 0.25) is 0 Å². The maximum atomic E-state index is 14.5. The molecule has 2 aliphatic rings. The molecule has 1 heterocycles. The first kappa shape index (κ1) is 21.9. The van der Waals surface area contributed by atoms with Crippen LogP contribution in [-0.4, -0.2) is 27.9 Å². The fourth-order valence-electron chi connectivity index (χ4n) is 4.81. The second kappa shape index (κ2) is 6.84. The van der Waals surface area contributed by atoms with Crippen LogP contribution >= 0.6 is 0 Å². The number of nitrogens with one attached hydrogen (secondary N) is 2. The van der Waals surface area contributed by atoms with E-state index in [-0.39, 0.29) is 29.1 Å². The second-order valence-electron chi connectivity index (χ2n) is 8.78. The van der Waals surface area contributed by atoms with Crippen LogP contribution in [0.3, 0.4) is 0 Å². The van der Waals surface area contributed by atoms with Gasteiger partial charge in [0.2, 0.25) is 5.91 Å². The van der Waals surface area contributed by atoms with Crippen LogP contribution < -0.4 is 10.6 Å². The number of phenols is 1. The molecule has 2 atom stereocenters. The van der Waals surface area contributed by atoms with Gasteiger partial charge in [-0.1, -0.05) is 19.9 Å². The van der Waals surface area contributed by atoms with Crippen LogP contribution in [0.15, 0.2) is 24.3 Å². The van der Waals surface area contributed by atoms with Crippen molar-refractivity contribution in [1.29, 1.82) is 5.26 Å². The van der Waals surface area contributed by atoms with Gasteiger partial charge in [0, 0.05) is 22.5 Å². The third-order valence-corrected chi connectivity index (χ3v) is 6.15. The minimum Gasteiger partial charge on any atom is -0.505 e. The van der Waals surface area contributed by atoms with Gasteiger partial charge in [0.15, 0.2) is 17.2 Å². The molecule has 0 saturated heterocycles. The zero-order valence-electron chi connectivity index (χ0n) is 17.1. The number of fused-ring (bicyclic) bond motifs is 2. The Hall–Kier alpha value is -3.32. The number of nitrogens with zero attached hydrogens (tertiary/aromatic N) is 1. The third-order valence-electron chi connectivity index (χ3n) is 6.15. The van der Waals surface area contributed by atoms with Crippen LogP contribution in [-0.2, 0) is 16.6 Å². The highest BCUT2D eigenvalue weighted by Gasteiger charge is 2.64. The lowest BCUT2D eigenvalue weighted by Gasteiger charge is -2.49. The van der Waals surface area contributed by atoms with Gasteiger partial charge in [-0.25, -0.2) is 4.39 Å². The van der Waals surface area contributed by atoms with Crippen molar-refractivity contribution in [3.8, 4) is 11.8 Å². The van der Waals surface area contributed by atoms with Gasteiger partial charge >= 0.3 is 6.18 Å². The molecule has 0 saturated carbocycles. The van der Waals surface area contributed by atoms with E-state index in [2.05, 4.69) is 10.6 Å². The minimum absolute atomic E-state index is 0.0772. The topological polar surface area (TPSA) is 105 Å². The van der Waals surface area contributed by atoms with Crippen molar-refractivity contribution in [2.24, 2.45) is 0 Å². The van der Waals surface area contributed by atoms with Crippen molar-refractivity contribution in [2.75, 3.05) is 10.6 Å². The van der Waals surface area contributed by atoms with E-state index in [1.54, 1.807) is 6.07 Å². The first-order chi connectivity index (χ1) is 14.8. The van der Waals surface area contributed by atoms with Gasteiger partial charge < -0.3 is 20.8 Å². The average molecular weight is 449 g/mol. The summed E-state index contributed by atoms with van der Waals surface area (Å²) in [6.45, 7) is 2.71. The highest BCUT2D eigenvalue weighted by Crippen LogP contribution is 2.57. The molecule has 10 heteroatoms. The number of aliphatic hydroxyl groups is 1. The molecule has 1 aliphatic heterocycles. The number of benzene rings is 2. The monoisotopic (exact) mass is 449 g/mol. The van der Waals surface area contributed by atoms with Crippen molar-refractivity contribution >= 4 is 17.3 Å². The standard InChI is InChI=1S/C22H19F4N3O3/c1-20(2)9-21(32,22(24,25)26)19(12-6-10(8-27)17(23)18(31)16(12)20)29-14-5-3-4-13-11(14)7-15(30)28-13/h3-6,19,29,31-32H,7,9H2,1-2H3,(H,28,30). The van der Waals surface area contributed by atoms with Crippen LogP contribution in [0, 0.1) is 17.1 Å². The number of aromatic hydroxyl groups is 1. The molecule has 2 aromatic rings. The summed E-state index contributed by atoms with van der Waals surface area (Å²) in [6.07, 6.45) is -6.06. The number of halogens is 4. The summed E-state index contributed by atoms with van der Waals surface area (Å²) in [7, 11) is 0. The zero-order chi connectivity index (χ0) is 23.6. The highest BCUT2D eigenvalue weighted by atomic mass is 19.4. The molecule has 0 radical (unpaired) electrons. The molecule has 168 valence electrons. The van der Waals surface area contributed by atoms with Crippen molar-refractivity contribution in [1.82, 2.24) is 0 Å². The molecule has 0 fully saturated rings. The molecule has 4 rings (SSSR count). The Balaban J connectivity index is 1.97. The van der Waals surface area contributed by atoms with Gasteiger partial charge in [0.1, 0.15) is 6.07 Å². The molecule has 2 unspecified atom stereocenters. The van der Waals surface area contributed by atoms with Crippen LogP contribution in [0.4, 0.5) is 28.9 Å². The van der Waals surface area contributed by atoms with E-state index in [0.717, 1.165) is 6.07 Å². The predicted octanol–water partition coefficient (Wildman–Crippen LogP) is 4.03. The smallest absolute Gasteiger partial charge is 0.419 e. The van der Waals surface area contributed by atoms with E-state index in [4.69, 9.17) is 0 Å². The molecule has 0 spiro atoms. The lowest BCUT2D eigenvalue weighted by Crippen LogP contribution is -2.58. The molecular formula is C22H19F4N3O3. The second-order valence-corrected chi connectivity index (χ2v) is 8.78. The number of carbonyl (C=O) groups is 1. The Morgan fingerprint density at radius 3 is 2.62 bits per heavy atom. The SMILES string of the molecule is CC1(C)CC(O)(C(F)(F)F)C(Nc2cccc3c2CC(=O)N3)c2cc(C#N)c(F)c(O)c21. The summed E-state index contributed by atoms with van der Waals surface area (Å²) >= 11 is 0. The van der Waals surface area contributed by atoms with Crippen molar-refractivity contribution < 1.29 is 32.6 Å². The minimum atomic E-state index is -5.11. The van der Waals surface area contributed by atoms with Crippen LogP contribution in [0.25, 0.3) is 0 Å². The van der Waals surface area contributed by atoms with E-state index in [1.807, 2.05) is 0 Å². The molecule has 4 N–H and O–H groups in total. The molecule has 2 aromatic carbocycles. The fraction of sp³-hybridized carbons (Fsp3) is 0.364. The number of amides is 1. The Kier molecular flexibility index (Phi) is 4.68. The van der Waals surface area contributed by atoms with Crippen LogP contribution in [0.5, 0.6) is 5.75 Å². The van der Waals surface area contributed by atoms with Gasteiger partial charge in [0.05, 0.1) is 18.0 Å². The van der Waals surface area contributed by atoms with E-state index < -0.39 is 46.8 Å². The first-order valence-electron chi connectivity index (χ1n) is 9.73. The number of alkyl halides is 3. The molecule has 0 bridgehead atoms. The third kappa shape index (κ3) is 3.07. The fourth-order valence-corrected chi connectivity index (χ4v) is 4.81. The summed E-state index contributed by atoms with van der Waals surface area (Å²) in [4.78, 5) is 11.8. The quantitative estimate of drug-likeness (QED) is 0.519. The van der Waals surface area contributed by atoms with E-state index >= 15 is 0 Å². The summed E-state index contributed by atoms with van der Waals surface area (Å²) in [6, 6.07) is 5.15. The molecule has 32 heavy (non-hydrogen) atoms. The molecule has 1 amide bonds. The lowest BCUT2D eigenvalue weighted by molar-refractivity contribution is -0.276. The summed E-state index contributed by atoms with van der Waals surface area (Å²) in [5.74, 6) is -2.49. The average Bonchev–Trinajstić information content (AvgIpc) is 3.06. The van der Waals surface area contributed by atoms with Crippen molar-refractivity contribution in [3.63, 3.8) is 0 Å². The number of phenolic OH excluding ortho intramolecular Hbond substituents is 1. The van der Waals surface area contributed by atoms with E-state index in [9.17, 15) is 37.8 Å². The van der Waals surface area contributed by atoms with Crippen molar-refractivity contribution in [2.45, 2.75) is 49.9 Å². The lowest BCUT2D eigenvalue weighted by atomic mass is 9.63. The largest absolute Gasteiger partial charge is 0.505 e. The number of rotatable bonds is 2. The molecular weight excluding hydrogens is 430 g/mol. The molecule has 0 aromatic heterocycles. The number of anilines is 2. The van der Waals surface area contributed by atoms with Gasteiger partial charge in [-0.05, 0) is 35.6 Å². The number of hydrogen-bond donors (Lipinski definition) is 4. The Morgan fingerprint density at radius 2 is 2.00 bits per heavy atom. The summed E-state index contributed by atoms with van der Waals surface area (Å²) in [5.41, 5.74) is -4.81. The van der Waals surface area contributed by atoms with Gasteiger partial charge in [0.25, 0.3) is 0 Å². The van der Waals surface area contributed by atoms with E-state index in [0.29, 0.717) is 11.3 Å². The Labute approximate surface area is 180 Å². The molecule has 6 nitrogen and oxygen atoms in total. The number of carbonyl (C=O) groups excluding carboxylic acids is 1.